The van der Waals surface area contributed by atoms with Crippen LogP contribution in [0.4, 0.5) is 23.7 Å². The Morgan fingerprint density at radius 3 is 2.16 bits per heavy atom. The zero-order valence-corrected chi connectivity index (χ0v) is 22.0. The number of benzene rings is 1. The van der Waals surface area contributed by atoms with E-state index in [1.807, 2.05) is 13.8 Å². The fraction of sp³-hybridized carbons (Fsp3) is 0.577. The Morgan fingerprint density at radius 1 is 1.03 bits per heavy atom. The molecule has 2 atom stereocenters. The lowest BCUT2D eigenvalue weighted by molar-refractivity contribution is -0.110. The molecule has 0 radical (unpaired) electrons. The van der Waals surface area contributed by atoms with Crippen LogP contribution in [0.15, 0.2) is 36.5 Å². The Labute approximate surface area is 220 Å². The second-order valence-electron chi connectivity index (χ2n) is 9.37. The first kappa shape index (κ1) is 29.4. The molecular formula is C26H36F3N5O4. The number of rotatable bonds is 4. The topological polar surface area (TPSA) is 91.1 Å². The molecule has 38 heavy (non-hydrogen) atoms. The molecule has 1 aromatic carbocycles. The number of carbonyl (C=O) groups is 2. The first-order chi connectivity index (χ1) is 18.1. The summed E-state index contributed by atoms with van der Waals surface area (Å²) in [6, 6.07) is 9.68. The van der Waals surface area contributed by atoms with Gasteiger partial charge in [0, 0.05) is 76.5 Å². The standard InChI is InChI=1S/C22H27N5O4.C2H3F3.C2H6/c28-21(29)19-5-6-27(23-19)22(30)25-9-7-24(8-10-25)11-16-3-1-2-4-20(16)26-12-17-14-31-15-18(17)13-26;1-2(3,4)5;1-2/h1-6,17-18H,7-15H2,(H,28,29);1H3;1-2H3. The van der Waals surface area contributed by atoms with E-state index in [4.69, 9.17) is 9.84 Å². The Morgan fingerprint density at radius 2 is 1.61 bits per heavy atom. The van der Waals surface area contributed by atoms with Gasteiger partial charge in [-0.05, 0) is 17.7 Å². The largest absolute Gasteiger partial charge is 0.476 e. The highest BCUT2D eigenvalue weighted by atomic mass is 19.4. The van der Waals surface area contributed by atoms with Crippen LogP contribution in [-0.4, -0.2) is 95.3 Å². The summed E-state index contributed by atoms with van der Waals surface area (Å²) in [4.78, 5) is 30.2. The fourth-order valence-electron chi connectivity index (χ4n) is 4.86. The number of aromatic nitrogens is 2. The average molecular weight is 540 g/mol. The molecule has 3 aliphatic heterocycles. The van der Waals surface area contributed by atoms with Crippen molar-refractivity contribution in [2.45, 2.75) is 33.5 Å². The van der Waals surface area contributed by atoms with E-state index in [2.05, 4.69) is 39.2 Å². The molecule has 5 rings (SSSR count). The number of ether oxygens (including phenoxy) is 1. The van der Waals surface area contributed by atoms with Crippen molar-refractivity contribution < 1.29 is 32.6 Å². The van der Waals surface area contributed by atoms with Gasteiger partial charge in [-0.25, -0.2) is 9.59 Å². The van der Waals surface area contributed by atoms with Crippen LogP contribution >= 0.6 is 0 Å². The Kier molecular flexibility index (Phi) is 10.1. The molecule has 0 saturated carbocycles. The van der Waals surface area contributed by atoms with E-state index in [9.17, 15) is 22.8 Å². The van der Waals surface area contributed by atoms with E-state index < -0.39 is 12.1 Å². The number of piperazine rings is 1. The quantitative estimate of drug-likeness (QED) is 0.627. The smallest absolute Gasteiger partial charge is 0.386 e. The molecule has 1 amide bonds. The first-order valence-electron chi connectivity index (χ1n) is 12.9. The van der Waals surface area contributed by atoms with Gasteiger partial charge in [-0.2, -0.15) is 23.0 Å². The van der Waals surface area contributed by atoms with E-state index in [0.29, 0.717) is 24.9 Å². The van der Waals surface area contributed by atoms with Gasteiger partial charge in [0.05, 0.1) is 13.2 Å². The lowest BCUT2D eigenvalue weighted by Gasteiger charge is -2.35. The summed E-state index contributed by atoms with van der Waals surface area (Å²) >= 11 is 0. The van der Waals surface area contributed by atoms with Gasteiger partial charge in [-0.15, -0.1) is 0 Å². The molecule has 3 saturated heterocycles. The third-order valence-electron chi connectivity index (χ3n) is 6.61. The summed E-state index contributed by atoms with van der Waals surface area (Å²) in [6.07, 6.45) is -2.59. The second kappa shape index (κ2) is 13.1. The average Bonchev–Trinajstić information content (AvgIpc) is 3.62. The zero-order chi connectivity index (χ0) is 27.9. The number of aromatic carboxylic acids is 1. The van der Waals surface area contributed by atoms with Gasteiger partial charge in [0.25, 0.3) is 0 Å². The monoisotopic (exact) mass is 539 g/mol. The highest BCUT2D eigenvalue weighted by Gasteiger charge is 2.37. The molecule has 0 aliphatic carbocycles. The summed E-state index contributed by atoms with van der Waals surface area (Å²) in [5, 5.41) is 12.8. The molecule has 0 spiro atoms. The zero-order valence-electron chi connectivity index (χ0n) is 22.0. The number of fused-ring (bicyclic) bond motifs is 1. The molecule has 1 N–H and O–H groups in total. The van der Waals surface area contributed by atoms with Crippen LogP contribution in [-0.2, 0) is 11.3 Å². The van der Waals surface area contributed by atoms with Crippen molar-refractivity contribution >= 4 is 17.7 Å². The summed E-state index contributed by atoms with van der Waals surface area (Å²) < 4.78 is 37.8. The maximum atomic E-state index is 12.6. The normalized spacial score (nSPS) is 21.2. The number of hydrogen-bond acceptors (Lipinski definition) is 6. The summed E-state index contributed by atoms with van der Waals surface area (Å²) in [6.45, 7) is 11.6. The minimum absolute atomic E-state index is 0.124. The predicted molar refractivity (Wildman–Crippen MR) is 136 cm³/mol. The number of hydrogen-bond donors (Lipinski definition) is 1. The lowest BCUT2D eigenvalue weighted by Crippen LogP contribution is -2.49. The van der Waals surface area contributed by atoms with Crippen molar-refractivity contribution in [2.24, 2.45) is 11.8 Å². The van der Waals surface area contributed by atoms with Gasteiger partial charge in [-0.1, -0.05) is 32.0 Å². The molecule has 9 nitrogen and oxygen atoms in total. The van der Waals surface area contributed by atoms with E-state index in [-0.39, 0.29) is 18.6 Å². The van der Waals surface area contributed by atoms with Gasteiger partial charge >= 0.3 is 18.2 Å². The number of carboxylic acids is 1. The molecule has 4 heterocycles. The number of carboxylic acid groups (broad SMARTS) is 1. The second-order valence-corrected chi connectivity index (χ2v) is 9.37. The minimum atomic E-state index is -4.00. The molecule has 2 unspecified atom stereocenters. The molecule has 12 heteroatoms. The van der Waals surface area contributed by atoms with Crippen molar-refractivity contribution in [3.8, 4) is 0 Å². The maximum Gasteiger partial charge on any atom is 0.386 e. The number of anilines is 1. The van der Waals surface area contributed by atoms with E-state index in [0.717, 1.165) is 50.6 Å². The third-order valence-corrected chi connectivity index (χ3v) is 6.61. The number of halogens is 3. The van der Waals surface area contributed by atoms with Crippen LogP contribution < -0.4 is 4.90 Å². The molecular weight excluding hydrogens is 503 g/mol. The Balaban J connectivity index is 0.000000515. The fourth-order valence-corrected chi connectivity index (χ4v) is 4.86. The molecule has 2 aromatic rings. The van der Waals surface area contributed by atoms with E-state index in [1.165, 1.54) is 23.5 Å². The lowest BCUT2D eigenvalue weighted by atomic mass is 10.0. The van der Waals surface area contributed by atoms with Gasteiger partial charge < -0.3 is 19.6 Å². The number of alkyl halides is 3. The van der Waals surface area contributed by atoms with Crippen molar-refractivity contribution in [1.29, 1.82) is 0 Å². The Hall–Kier alpha value is -3.12. The predicted octanol–water partition coefficient (Wildman–Crippen LogP) is 4.04. The van der Waals surface area contributed by atoms with Crippen molar-refractivity contribution in [3.63, 3.8) is 0 Å². The Bertz CT molecular complexity index is 1050. The van der Waals surface area contributed by atoms with Gasteiger partial charge in [0.2, 0.25) is 0 Å². The third kappa shape index (κ3) is 7.94. The summed E-state index contributed by atoms with van der Waals surface area (Å²) in [5.74, 6) is 0.155. The first-order valence-corrected chi connectivity index (χ1v) is 12.9. The molecule has 210 valence electrons. The number of nitrogens with zero attached hydrogens (tertiary/aromatic N) is 5. The molecule has 3 aliphatic rings. The van der Waals surface area contributed by atoms with Crippen LogP contribution in [0.3, 0.4) is 0 Å². The van der Waals surface area contributed by atoms with Crippen molar-refractivity contribution in [3.05, 3.63) is 47.8 Å². The van der Waals surface area contributed by atoms with Crippen LogP contribution in [0.25, 0.3) is 0 Å². The van der Waals surface area contributed by atoms with Crippen LogP contribution in [0.5, 0.6) is 0 Å². The maximum absolute atomic E-state index is 12.6. The van der Waals surface area contributed by atoms with Gasteiger partial charge in [0.1, 0.15) is 0 Å². The SMILES string of the molecule is CC.CC(F)(F)F.O=C(O)c1ccn(C(=O)N2CCN(Cc3ccccc3N3CC4COCC4C3)CC2)n1. The van der Waals surface area contributed by atoms with Crippen LogP contribution in [0.1, 0.15) is 36.8 Å². The number of amides is 1. The van der Waals surface area contributed by atoms with Crippen LogP contribution in [0, 0.1) is 11.8 Å². The number of para-hydroxylation sites is 1. The van der Waals surface area contributed by atoms with Crippen molar-refractivity contribution in [2.75, 3.05) is 57.4 Å². The summed E-state index contributed by atoms with van der Waals surface area (Å²) in [5.41, 5.74) is 2.51. The van der Waals surface area contributed by atoms with Crippen molar-refractivity contribution in [1.82, 2.24) is 19.6 Å². The van der Waals surface area contributed by atoms with E-state index in [1.54, 1.807) is 4.90 Å². The molecule has 0 bridgehead atoms. The molecule has 3 fully saturated rings. The van der Waals surface area contributed by atoms with E-state index >= 15 is 0 Å². The number of carbonyl (C=O) groups excluding carboxylic acids is 1. The van der Waals surface area contributed by atoms with Crippen LogP contribution in [0.2, 0.25) is 0 Å². The van der Waals surface area contributed by atoms with Gasteiger partial charge in [-0.3, -0.25) is 4.90 Å². The summed E-state index contributed by atoms with van der Waals surface area (Å²) in [7, 11) is 0. The highest BCUT2D eigenvalue weighted by Crippen LogP contribution is 2.34. The molecule has 1 aromatic heterocycles. The highest BCUT2D eigenvalue weighted by molar-refractivity contribution is 5.86. The minimum Gasteiger partial charge on any atom is -0.476 e. The van der Waals surface area contributed by atoms with Gasteiger partial charge in [0.15, 0.2) is 5.69 Å².